The molecule has 0 radical (unpaired) electrons. The molecule has 1 atom stereocenters. The molecule has 0 amide bonds. The molecule has 0 N–H and O–H groups in total. The molecule has 456 valence electrons. The van der Waals surface area contributed by atoms with Crippen LogP contribution >= 0.6 is 0 Å². The van der Waals surface area contributed by atoms with Gasteiger partial charge in [-0.15, -0.1) is 0 Å². The minimum absolute atomic E-state index is 0.0698. The van der Waals surface area contributed by atoms with Crippen molar-refractivity contribution in [3.05, 3.63) is 48.6 Å². The van der Waals surface area contributed by atoms with E-state index in [9.17, 15) is 14.4 Å². The summed E-state index contributed by atoms with van der Waals surface area (Å²) in [5.74, 6) is -0.849. The summed E-state index contributed by atoms with van der Waals surface area (Å²) in [6.45, 7) is 6.60. The van der Waals surface area contributed by atoms with E-state index in [1.807, 2.05) is 0 Å². The van der Waals surface area contributed by atoms with Crippen molar-refractivity contribution in [1.29, 1.82) is 0 Å². The van der Waals surface area contributed by atoms with Crippen molar-refractivity contribution in [2.75, 3.05) is 13.2 Å². The molecule has 0 spiro atoms. The number of carbonyl (C=O) groups is 3. The SMILES string of the molecule is CC/C=C\C/C=C\C/C=C\C/C=C\CCCCCCCCCCC(=O)OCC(COC(=O)CCCCCCCCCCCCCCCCCCCC)OC(=O)CCCCCCCCCCCCCCCCCCCCCCC. The van der Waals surface area contributed by atoms with Crippen LogP contribution in [0, 0.1) is 0 Å². The van der Waals surface area contributed by atoms with E-state index in [1.54, 1.807) is 0 Å². The number of carbonyl (C=O) groups excluding carboxylic acids is 3. The highest BCUT2D eigenvalue weighted by molar-refractivity contribution is 5.71. The Kier molecular flexibility index (Phi) is 64.6. The van der Waals surface area contributed by atoms with Gasteiger partial charge in [0.05, 0.1) is 0 Å². The van der Waals surface area contributed by atoms with Crippen LogP contribution in [0.25, 0.3) is 0 Å². The fraction of sp³-hybridized carbons (Fsp3) is 0.847. The fourth-order valence-electron chi connectivity index (χ4n) is 10.4. The molecule has 78 heavy (non-hydrogen) atoms. The smallest absolute Gasteiger partial charge is 0.306 e. The average molecular weight is 1090 g/mol. The van der Waals surface area contributed by atoms with Crippen molar-refractivity contribution < 1.29 is 28.6 Å². The first-order valence-corrected chi connectivity index (χ1v) is 34.6. The third-order valence-corrected chi connectivity index (χ3v) is 15.6. The van der Waals surface area contributed by atoms with Crippen molar-refractivity contribution in [2.45, 2.75) is 380 Å². The summed E-state index contributed by atoms with van der Waals surface area (Å²) < 4.78 is 17.0. The molecule has 0 aliphatic heterocycles. The number of esters is 3. The number of unbranched alkanes of at least 4 members (excludes halogenated alkanes) is 45. The zero-order chi connectivity index (χ0) is 56.4. The quantitative estimate of drug-likeness (QED) is 0.0261. The van der Waals surface area contributed by atoms with Gasteiger partial charge < -0.3 is 14.2 Å². The Morgan fingerprint density at radius 2 is 0.500 bits per heavy atom. The van der Waals surface area contributed by atoms with E-state index in [0.29, 0.717) is 19.3 Å². The Labute approximate surface area is 486 Å². The monoisotopic (exact) mass is 1090 g/mol. The molecule has 0 saturated heterocycles. The summed E-state index contributed by atoms with van der Waals surface area (Å²) in [4.78, 5) is 38.5. The summed E-state index contributed by atoms with van der Waals surface area (Å²) in [6.07, 6.45) is 84.1. The lowest BCUT2D eigenvalue weighted by Crippen LogP contribution is -2.30. The van der Waals surface area contributed by atoms with E-state index in [1.165, 1.54) is 244 Å². The van der Waals surface area contributed by atoms with Gasteiger partial charge in [-0.05, 0) is 57.8 Å². The zero-order valence-electron chi connectivity index (χ0n) is 52.5. The van der Waals surface area contributed by atoms with Gasteiger partial charge in [0.2, 0.25) is 0 Å². The maximum absolute atomic E-state index is 13.0. The van der Waals surface area contributed by atoms with Crippen LogP contribution in [0.4, 0.5) is 0 Å². The van der Waals surface area contributed by atoms with Gasteiger partial charge in [0.15, 0.2) is 6.10 Å². The minimum atomic E-state index is -0.775. The first-order valence-electron chi connectivity index (χ1n) is 34.6. The van der Waals surface area contributed by atoms with Crippen molar-refractivity contribution in [3.63, 3.8) is 0 Å². The number of hydrogen-bond acceptors (Lipinski definition) is 6. The van der Waals surface area contributed by atoms with Crippen LogP contribution in [-0.4, -0.2) is 37.2 Å². The molecule has 0 rings (SSSR count). The van der Waals surface area contributed by atoms with Crippen molar-refractivity contribution >= 4 is 17.9 Å². The molecule has 6 nitrogen and oxygen atoms in total. The highest BCUT2D eigenvalue weighted by atomic mass is 16.6. The molecule has 0 heterocycles. The molecule has 0 aromatic carbocycles. The maximum atomic E-state index is 13.0. The van der Waals surface area contributed by atoms with Gasteiger partial charge >= 0.3 is 17.9 Å². The Bertz CT molecular complexity index is 1350. The third kappa shape index (κ3) is 64.2. The predicted octanol–water partition coefficient (Wildman–Crippen LogP) is 23.7. The second kappa shape index (κ2) is 66.9. The maximum Gasteiger partial charge on any atom is 0.306 e. The molecular formula is C72H132O6. The van der Waals surface area contributed by atoms with Crippen LogP contribution in [-0.2, 0) is 28.6 Å². The van der Waals surface area contributed by atoms with Crippen LogP contribution < -0.4 is 0 Å². The highest BCUT2D eigenvalue weighted by Crippen LogP contribution is 2.18. The number of hydrogen-bond donors (Lipinski definition) is 0. The van der Waals surface area contributed by atoms with Crippen LogP contribution in [0.15, 0.2) is 48.6 Å². The van der Waals surface area contributed by atoms with Gasteiger partial charge in [0.25, 0.3) is 0 Å². The summed E-state index contributed by atoms with van der Waals surface area (Å²) in [5, 5.41) is 0. The Balaban J connectivity index is 4.33. The molecule has 0 aliphatic carbocycles. The van der Waals surface area contributed by atoms with Crippen molar-refractivity contribution in [3.8, 4) is 0 Å². The van der Waals surface area contributed by atoms with E-state index in [4.69, 9.17) is 14.2 Å². The largest absolute Gasteiger partial charge is 0.462 e. The minimum Gasteiger partial charge on any atom is -0.462 e. The summed E-state index contributed by atoms with van der Waals surface area (Å²) >= 11 is 0. The van der Waals surface area contributed by atoms with Gasteiger partial charge in [-0.2, -0.15) is 0 Å². The average Bonchev–Trinajstić information content (AvgIpc) is 3.44. The zero-order valence-corrected chi connectivity index (χ0v) is 52.5. The highest BCUT2D eigenvalue weighted by Gasteiger charge is 2.19. The molecule has 0 bridgehead atoms. The second-order valence-corrected chi connectivity index (χ2v) is 23.4. The normalized spacial score (nSPS) is 12.3. The Morgan fingerprint density at radius 3 is 0.782 bits per heavy atom. The van der Waals surface area contributed by atoms with E-state index in [2.05, 4.69) is 69.4 Å². The molecule has 1 unspecified atom stereocenters. The molecular weight excluding hydrogens is 961 g/mol. The first-order chi connectivity index (χ1) is 38.5. The van der Waals surface area contributed by atoms with E-state index >= 15 is 0 Å². The Morgan fingerprint density at radius 1 is 0.269 bits per heavy atom. The molecule has 0 aromatic heterocycles. The van der Waals surface area contributed by atoms with E-state index in [-0.39, 0.29) is 31.1 Å². The van der Waals surface area contributed by atoms with Crippen LogP contribution in [0.3, 0.4) is 0 Å². The summed E-state index contributed by atoms with van der Waals surface area (Å²) in [5.41, 5.74) is 0. The van der Waals surface area contributed by atoms with Crippen molar-refractivity contribution in [2.24, 2.45) is 0 Å². The molecule has 6 heteroatoms. The molecule has 0 saturated carbocycles. The van der Waals surface area contributed by atoms with Gasteiger partial charge in [0, 0.05) is 19.3 Å². The van der Waals surface area contributed by atoms with Gasteiger partial charge in [0.1, 0.15) is 13.2 Å². The van der Waals surface area contributed by atoms with Crippen LogP contribution in [0.1, 0.15) is 374 Å². The second-order valence-electron chi connectivity index (χ2n) is 23.4. The topological polar surface area (TPSA) is 78.9 Å². The lowest BCUT2D eigenvalue weighted by Gasteiger charge is -2.18. The molecule has 0 aliphatic rings. The third-order valence-electron chi connectivity index (χ3n) is 15.6. The van der Waals surface area contributed by atoms with Crippen LogP contribution in [0.2, 0.25) is 0 Å². The van der Waals surface area contributed by atoms with Crippen LogP contribution in [0.5, 0.6) is 0 Å². The standard InChI is InChI=1S/C72H132O6/c1-4-7-10-13-16-19-22-25-28-31-34-36-38-41-44-47-50-53-56-59-62-65-71(74)77-68-69(67-76-70(73)64-61-58-55-52-49-46-43-40-33-30-27-24-21-18-15-12-9-6-3)78-72(75)66-63-60-57-54-51-48-45-42-39-37-35-32-29-26-23-20-17-14-11-8-5-2/h7,10,16,19,25,28,34,36,69H,4-6,8-9,11-15,17-18,20-24,26-27,29-33,35,37-68H2,1-3H3/b10-7-,19-16-,28-25-,36-34-. The van der Waals surface area contributed by atoms with Gasteiger partial charge in [-0.25, -0.2) is 0 Å². The lowest BCUT2D eigenvalue weighted by atomic mass is 10.0. The summed E-state index contributed by atoms with van der Waals surface area (Å²) in [6, 6.07) is 0. The molecule has 0 aromatic rings. The van der Waals surface area contributed by atoms with E-state index in [0.717, 1.165) is 89.9 Å². The van der Waals surface area contributed by atoms with Crippen molar-refractivity contribution in [1.82, 2.24) is 0 Å². The number of allylic oxidation sites excluding steroid dienone is 8. The van der Waals surface area contributed by atoms with Gasteiger partial charge in [-0.1, -0.05) is 345 Å². The lowest BCUT2D eigenvalue weighted by molar-refractivity contribution is -0.167. The first kappa shape index (κ1) is 75.4. The summed E-state index contributed by atoms with van der Waals surface area (Å²) in [7, 11) is 0. The predicted molar refractivity (Wildman–Crippen MR) is 339 cm³/mol. The van der Waals surface area contributed by atoms with Gasteiger partial charge in [-0.3, -0.25) is 14.4 Å². The number of rotatable bonds is 64. The Hall–Kier alpha value is -2.63. The molecule has 0 fully saturated rings. The number of ether oxygens (including phenoxy) is 3. The van der Waals surface area contributed by atoms with E-state index < -0.39 is 6.10 Å². The fourth-order valence-corrected chi connectivity index (χ4v) is 10.4.